The van der Waals surface area contributed by atoms with E-state index in [1.54, 1.807) is 24.3 Å². The summed E-state index contributed by atoms with van der Waals surface area (Å²) in [5.41, 5.74) is 6.07. The summed E-state index contributed by atoms with van der Waals surface area (Å²) in [6, 6.07) is 6.99. The van der Waals surface area contributed by atoms with Gasteiger partial charge in [-0.3, -0.25) is 4.79 Å². The number of hydrogen-bond acceptors (Lipinski definition) is 6. The summed E-state index contributed by atoms with van der Waals surface area (Å²) in [6.07, 6.45) is 0. The van der Waals surface area contributed by atoms with E-state index in [9.17, 15) is 4.79 Å². The normalized spacial score (nSPS) is 10.8. The van der Waals surface area contributed by atoms with Crippen LogP contribution in [0.2, 0.25) is 0 Å². The summed E-state index contributed by atoms with van der Waals surface area (Å²) in [7, 11) is 0. The lowest BCUT2D eigenvalue weighted by Crippen LogP contribution is -2.10. The molecule has 3 rings (SSSR count). The highest BCUT2D eigenvalue weighted by molar-refractivity contribution is 5.79. The van der Waals surface area contributed by atoms with E-state index in [1.165, 1.54) is 0 Å². The molecule has 1 aromatic carbocycles. The van der Waals surface area contributed by atoms with Crippen molar-refractivity contribution >= 4 is 16.7 Å². The number of nitrogen functional groups attached to an aromatic ring is 1. The molecule has 0 bridgehead atoms. The zero-order valence-electron chi connectivity index (χ0n) is 8.54. The zero-order chi connectivity index (χ0) is 11.8. The molecule has 0 radical (unpaired) electrons. The Morgan fingerprint density at radius 3 is 2.82 bits per heavy atom. The number of nitrogens with zero attached hydrogens (tertiary/aromatic N) is 3. The zero-order valence-corrected chi connectivity index (χ0v) is 8.54. The van der Waals surface area contributed by atoms with Crippen molar-refractivity contribution in [3.05, 3.63) is 34.6 Å². The predicted octanol–water partition coefficient (Wildman–Crippen LogP) is 0.555. The molecule has 7 nitrogen and oxygen atoms in total. The summed E-state index contributed by atoms with van der Waals surface area (Å²) in [5, 5.41) is 7.53. The van der Waals surface area contributed by atoms with Crippen LogP contribution in [0.3, 0.4) is 0 Å². The molecule has 0 amide bonds. The van der Waals surface area contributed by atoms with Crippen molar-refractivity contribution in [3.63, 3.8) is 0 Å². The number of H-pyrrole nitrogens is 1. The van der Waals surface area contributed by atoms with Gasteiger partial charge in [0.05, 0.1) is 10.9 Å². The minimum atomic E-state index is -0.256. The minimum absolute atomic E-state index is 0.0865. The van der Waals surface area contributed by atoms with Crippen LogP contribution in [0.15, 0.2) is 33.7 Å². The van der Waals surface area contributed by atoms with E-state index in [-0.39, 0.29) is 22.9 Å². The van der Waals surface area contributed by atoms with Crippen molar-refractivity contribution in [1.29, 1.82) is 0 Å². The molecule has 2 aromatic heterocycles. The molecule has 2 heterocycles. The van der Waals surface area contributed by atoms with E-state index >= 15 is 0 Å². The second-order valence-electron chi connectivity index (χ2n) is 3.43. The van der Waals surface area contributed by atoms with Crippen molar-refractivity contribution in [2.45, 2.75) is 0 Å². The number of anilines is 1. The van der Waals surface area contributed by atoms with Gasteiger partial charge in [0.15, 0.2) is 17.3 Å². The number of hydrogen-bond donors (Lipinski definition) is 2. The molecule has 3 N–H and O–H groups in total. The third-order valence-electron chi connectivity index (χ3n) is 2.35. The third kappa shape index (κ3) is 1.44. The molecular weight excluding hydrogens is 222 g/mol. The van der Waals surface area contributed by atoms with Crippen LogP contribution in [0, 0.1) is 0 Å². The summed E-state index contributed by atoms with van der Waals surface area (Å²) < 4.78 is 4.46. The molecule has 7 heteroatoms. The highest BCUT2D eigenvalue weighted by Crippen LogP contribution is 2.18. The van der Waals surface area contributed by atoms with Gasteiger partial charge in [-0.15, -0.1) is 0 Å². The summed E-state index contributed by atoms with van der Waals surface area (Å²) >= 11 is 0. The van der Waals surface area contributed by atoms with E-state index < -0.39 is 0 Å². The largest absolute Gasteiger partial charge is 0.379 e. The second-order valence-corrected chi connectivity index (χ2v) is 3.43. The smallest absolute Gasteiger partial charge is 0.259 e. The Bertz CT molecular complexity index is 746. The molecule has 3 aromatic rings. The molecule has 0 unspecified atom stereocenters. The quantitative estimate of drug-likeness (QED) is 0.630. The van der Waals surface area contributed by atoms with Gasteiger partial charge in [-0.05, 0) is 22.4 Å². The first-order valence-electron chi connectivity index (χ1n) is 4.83. The Balaban J connectivity index is 2.33. The number of nitrogens with two attached hydrogens (primary N) is 1. The highest BCUT2D eigenvalue weighted by Gasteiger charge is 2.13. The first kappa shape index (κ1) is 9.52. The first-order valence-corrected chi connectivity index (χ1v) is 4.83. The number of rotatable bonds is 1. The fourth-order valence-electron chi connectivity index (χ4n) is 1.56. The standard InChI is InChI=1S/C10H7N5O2/c11-8-7(14-17-15-8)9-12-6-4-2-1-3-5(6)10(16)13-9/h1-4H,(H2,11,15)(H,12,13,16). The van der Waals surface area contributed by atoms with E-state index in [1.807, 2.05) is 0 Å². The maximum absolute atomic E-state index is 11.8. The maximum atomic E-state index is 11.8. The maximum Gasteiger partial charge on any atom is 0.259 e. The second kappa shape index (κ2) is 3.41. The molecule has 0 spiro atoms. The lowest BCUT2D eigenvalue weighted by atomic mass is 10.2. The number of benzene rings is 1. The van der Waals surface area contributed by atoms with Crippen molar-refractivity contribution < 1.29 is 4.63 Å². The van der Waals surface area contributed by atoms with Crippen LogP contribution in [0.25, 0.3) is 22.4 Å². The van der Waals surface area contributed by atoms with Crippen LogP contribution in [0.4, 0.5) is 5.82 Å². The molecule has 0 atom stereocenters. The van der Waals surface area contributed by atoms with Crippen LogP contribution in [0.5, 0.6) is 0 Å². The molecule has 17 heavy (non-hydrogen) atoms. The van der Waals surface area contributed by atoms with Gasteiger partial charge in [-0.1, -0.05) is 12.1 Å². The fourth-order valence-corrected chi connectivity index (χ4v) is 1.56. The average Bonchev–Trinajstić information content (AvgIpc) is 2.75. The van der Waals surface area contributed by atoms with Gasteiger partial charge in [0.2, 0.25) is 0 Å². The van der Waals surface area contributed by atoms with Gasteiger partial charge in [0.25, 0.3) is 5.56 Å². The number of aromatic nitrogens is 4. The predicted molar refractivity (Wildman–Crippen MR) is 60.1 cm³/mol. The SMILES string of the molecule is Nc1nonc1-c1nc2ccccc2c(=O)[nH]1. The Hall–Kier alpha value is -2.70. The summed E-state index contributed by atoms with van der Waals surface area (Å²) in [5.74, 6) is 0.330. The molecule has 84 valence electrons. The number of fused-ring (bicyclic) bond motifs is 1. The molecule has 0 aliphatic rings. The third-order valence-corrected chi connectivity index (χ3v) is 2.35. The van der Waals surface area contributed by atoms with E-state index in [0.717, 1.165) is 0 Å². The van der Waals surface area contributed by atoms with E-state index in [0.29, 0.717) is 10.9 Å². The lowest BCUT2D eigenvalue weighted by molar-refractivity contribution is 0.310. The molecular formula is C10H7N5O2. The van der Waals surface area contributed by atoms with Crippen molar-refractivity contribution in [1.82, 2.24) is 20.3 Å². The Morgan fingerprint density at radius 1 is 1.24 bits per heavy atom. The topological polar surface area (TPSA) is 111 Å². The van der Waals surface area contributed by atoms with E-state index in [4.69, 9.17) is 5.73 Å². The number of nitrogens with one attached hydrogen (secondary N) is 1. The average molecular weight is 229 g/mol. The van der Waals surface area contributed by atoms with Crippen LogP contribution in [-0.2, 0) is 0 Å². The van der Waals surface area contributed by atoms with Gasteiger partial charge in [-0.2, -0.15) is 0 Å². The summed E-state index contributed by atoms with van der Waals surface area (Å²) in [6.45, 7) is 0. The van der Waals surface area contributed by atoms with E-state index in [2.05, 4.69) is 24.9 Å². The van der Waals surface area contributed by atoms with Crippen LogP contribution < -0.4 is 11.3 Å². The van der Waals surface area contributed by atoms with Crippen molar-refractivity contribution in [2.75, 3.05) is 5.73 Å². The Morgan fingerprint density at radius 2 is 2.06 bits per heavy atom. The van der Waals surface area contributed by atoms with Crippen molar-refractivity contribution in [2.24, 2.45) is 0 Å². The molecule has 0 saturated carbocycles. The summed E-state index contributed by atoms with van der Waals surface area (Å²) in [4.78, 5) is 18.6. The van der Waals surface area contributed by atoms with Gasteiger partial charge in [-0.25, -0.2) is 9.61 Å². The number of para-hydroxylation sites is 1. The Labute approximate surface area is 94.2 Å². The van der Waals surface area contributed by atoms with Gasteiger partial charge in [0.1, 0.15) is 0 Å². The van der Waals surface area contributed by atoms with Crippen LogP contribution in [0.1, 0.15) is 0 Å². The monoisotopic (exact) mass is 229 g/mol. The molecule has 0 saturated heterocycles. The minimum Gasteiger partial charge on any atom is -0.379 e. The highest BCUT2D eigenvalue weighted by atomic mass is 16.6. The van der Waals surface area contributed by atoms with Crippen molar-refractivity contribution in [3.8, 4) is 11.5 Å². The van der Waals surface area contributed by atoms with Crippen LogP contribution in [-0.4, -0.2) is 20.3 Å². The Kier molecular flexibility index (Phi) is 1.91. The van der Waals surface area contributed by atoms with Gasteiger partial charge >= 0.3 is 0 Å². The molecule has 0 aliphatic heterocycles. The van der Waals surface area contributed by atoms with Gasteiger partial charge in [0, 0.05) is 0 Å². The van der Waals surface area contributed by atoms with Crippen LogP contribution >= 0.6 is 0 Å². The first-order chi connectivity index (χ1) is 8.25. The molecule has 0 aliphatic carbocycles. The molecule has 0 fully saturated rings. The number of aromatic amines is 1. The van der Waals surface area contributed by atoms with Gasteiger partial charge < -0.3 is 10.7 Å². The fraction of sp³-hybridized carbons (Fsp3) is 0. The lowest BCUT2D eigenvalue weighted by Gasteiger charge is -1.99.